The number of rotatable bonds is 21. The Morgan fingerprint density at radius 1 is 0.602 bits per heavy atom. The Morgan fingerprint density at radius 3 is 1.16 bits per heavy atom. The van der Waals surface area contributed by atoms with Crippen LogP contribution in [0.4, 0.5) is 0 Å². The molecule has 0 saturated carbocycles. The van der Waals surface area contributed by atoms with E-state index in [2.05, 4.69) is 187 Å². The first kappa shape index (κ1) is 125. The molecule has 108 heavy (non-hydrogen) atoms. The molecule has 0 aromatic heterocycles. The molecule has 5 aliphatic rings. The van der Waals surface area contributed by atoms with Crippen molar-refractivity contribution < 1.29 is 263 Å². The number of nitrogens with two attached hydrogens (primary N) is 2. The summed E-state index contributed by atoms with van der Waals surface area (Å²) in [5.74, 6) is 2.64. The Morgan fingerprint density at radius 2 is 0.917 bits per heavy atom. The van der Waals surface area contributed by atoms with Gasteiger partial charge in [-0.3, -0.25) is 29.2 Å². The number of nitrogens with one attached hydrogen (secondary N) is 1. The van der Waals surface area contributed by atoms with Gasteiger partial charge in [-0.15, -0.1) is 58.8 Å². The quantitative estimate of drug-likeness (QED) is 0.00923. The Bertz CT molecular complexity index is 2940. The van der Waals surface area contributed by atoms with Gasteiger partial charge in [0.1, 0.15) is 11.5 Å². The zero-order valence-corrected chi connectivity index (χ0v) is 81.8. The third-order valence-electron chi connectivity index (χ3n) is 16.1. The van der Waals surface area contributed by atoms with Gasteiger partial charge in [-0.25, -0.2) is 6.57 Å². The normalized spacial score (nSPS) is 14.4. The molecular formula is C75H110AlBrCl5K4LiN14O7. The predicted molar refractivity (Wildman–Crippen MR) is 424 cm³/mol. The topological polar surface area (TPSA) is 309 Å². The zero-order chi connectivity index (χ0) is 74.6. The molecule has 572 valence electrons. The van der Waals surface area contributed by atoms with Crippen LogP contribution in [0, 0.1) is 68.1 Å². The van der Waals surface area contributed by atoms with Crippen LogP contribution in [0.15, 0.2) is 162 Å². The van der Waals surface area contributed by atoms with Crippen molar-refractivity contribution >= 4 is 105 Å². The first-order chi connectivity index (χ1) is 49.3. The van der Waals surface area contributed by atoms with E-state index in [-0.39, 0.29) is 283 Å². The van der Waals surface area contributed by atoms with Crippen LogP contribution in [-0.2, 0) is 55.6 Å². The van der Waals surface area contributed by atoms with Crippen LogP contribution in [-0.4, -0.2) is 185 Å². The molecule has 4 fully saturated rings. The Labute approximate surface area is 877 Å². The summed E-state index contributed by atoms with van der Waals surface area (Å²) in [5.41, 5.74) is 18.3. The SMILES string of the molecule is BrCc1ccccc1.C1CCOC1.CC#N.Cl.ClCCN(CCCl)Cc1ccccc1.ClCCNCCCl.N#CC1(C#N)CCN(Cc2ccccc2)CC1.NCC1(CN)CCN(Cc2ccccc2)CC1.O=CO[O-].O=CO[O-].[AlH3].[C-]#[N+]CC#N.[H-].[H-].[H-].[K+].[K+].[K+].[K+].[Li+].c1ccc(CN2CCC3(CC2)CN=NC3)cc1. The summed E-state index contributed by atoms with van der Waals surface area (Å²) in [5, 5.41) is 62.2. The molecule has 0 atom stereocenters. The maximum absolute atomic E-state index is 9.03. The maximum atomic E-state index is 9.03. The maximum Gasteiger partial charge on any atom is 1.00 e. The van der Waals surface area contributed by atoms with Gasteiger partial charge in [-0.05, 0) is 124 Å². The fraction of sp³-hybridized carbons (Fsp3) is 0.507. The van der Waals surface area contributed by atoms with E-state index in [4.69, 9.17) is 110 Å². The van der Waals surface area contributed by atoms with Gasteiger partial charge >= 0.3 is 224 Å². The van der Waals surface area contributed by atoms with Crippen LogP contribution in [0.2, 0.25) is 0 Å². The number of hydrogen-bond donors (Lipinski definition) is 3. The van der Waals surface area contributed by atoms with Crippen molar-refractivity contribution in [3.63, 3.8) is 0 Å². The first-order valence-electron chi connectivity index (χ1n) is 33.5. The van der Waals surface area contributed by atoms with Crippen molar-refractivity contribution in [2.24, 2.45) is 37.9 Å². The summed E-state index contributed by atoms with van der Waals surface area (Å²) in [6.45, 7) is 26.2. The minimum Gasteiger partial charge on any atom is -1.00 e. The van der Waals surface area contributed by atoms with E-state index in [1.54, 1.807) is 12.1 Å². The minimum atomic E-state index is -0.743. The number of benzene rings is 5. The van der Waals surface area contributed by atoms with Gasteiger partial charge in [-0.2, -0.15) is 31.3 Å². The average molecular weight is 1770 g/mol. The van der Waals surface area contributed by atoms with Crippen LogP contribution in [0.25, 0.3) is 4.85 Å². The number of nitriles is 4. The number of carbonyl (C=O) groups is 2. The second-order valence-corrected chi connectivity index (χ2v) is 25.5. The van der Waals surface area contributed by atoms with Crippen LogP contribution in [0.1, 0.15) is 90.4 Å². The van der Waals surface area contributed by atoms with E-state index >= 15 is 0 Å². The molecule has 5 heterocycles. The van der Waals surface area contributed by atoms with Crippen molar-refractivity contribution in [1.82, 2.24) is 24.9 Å². The number of carbonyl (C=O) groups excluding carboxylic acids is 2. The second-order valence-electron chi connectivity index (χ2n) is 23.4. The smallest absolute Gasteiger partial charge is 1.00 e. The molecule has 5 N–H and O–H groups in total. The molecule has 0 unspecified atom stereocenters. The van der Waals surface area contributed by atoms with E-state index in [0.717, 1.165) is 136 Å². The number of azo groups is 1. The molecule has 0 aliphatic carbocycles. The fourth-order valence-electron chi connectivity index (χ4n) is 10.2. The van der Waals surface area contributed by atoms with Crippen LogP contribution < -0.4 is 252 Å². The molecule has 0 radical (unpaired) electrons. The summed E-state index contributed by atoms with van der Waals surface area (Å²) in [6, 6.07) is 60.1. The number of halogens is 6. The van der Waals surface area contributed by atoms with Crippen LogP contribution in [0.3, 0.4) is 0 Å². The molecule has 10 rings (SSSR count). The zero-order valence-electron chi connectivity index (χ0n) is 66.9. The van der Waals surface area contributed by atoms with E-state index in [1.165, 1.54) is 73.5 Å². The largest absolute Gasteiger partial charge is 1.00 e. The van der Waals surface area contributed by atoms with Gasteiger partial charge < -0.3 is 50.9 Å². The molecular weight excluding hydrogens is 1660 g/mol. The average Bonchev–Trinajstić information content (AvgIpc) is 1.62. The van der Waals surface area contributed by atoms with Crippen molar-refractivity contribution in [3.8, 4) is 24.3 Å². The van der Waals surface area contributed by atoms with Gasteiger partial charge in [0.15, 0.2) is 17.4 Å². The molecule has 5 aromatic rings. The monoisotopic (exact) mass is 1760 g/mol. The summed E-state index contributed by atoms with van der Waals surface area (Å²) in [4.78, 5) is 34.9. The van der Waals surface area contributed by atoms with E-state index in [9.17, 15) is 0 Å². The molecule has 5 aliphatic heterocycles. The number of piperidine rings is 3. The summed E-state index contributed by atoms with van der Waals surface area (Å²) < 4.78 is 4.94. The number of ether oxygens (including phenoxy) is 1. The molecule has 4 saturated heterocycles. The molecule has 1 spiro atoms. The first-order valence-corrected chi connectivity index (χ1v) is 36.7. The number of nitrogens with zero attached hydrogens (tertiary/aromatic N) is 11. The van der Waals surface area contributed by atoms with Crippen molar-refractivity contribution in [2.75, 3.05) is 135 Å². The van der Waals surface area contributed by atoms with Crippen LogP contribution in [0.5, 0.6) is 0 Å². The summed E-state index contributed by atoms with van der Waals surface area (Å²) in [6.07, 6.45) is 8.65. The second kappa shape index (κ2) is 89.1. The predicted octanol–water partition coefficient (Wildman–Crippen LogP) is -3.94. The van der Waals surface area contributed by atoms with Crippen molar-refractivity contribution in [1.29, 1.82) is 21.0 Å². The molecule has 0 amide bonds. The van der Waals surface area contributed by atoms with Gasteiger partial charge in [0.2, 0.25) is 0 Å². The fourth-order valence-corrected chi connectivity index (χ4v) is 11.3. The number of alkyl halides is 5. The minimum absolute atomic E-state index is 0. The van der Waals surface area contributed by atoms with E-state index in [1.807, 2.05) is 42.5 Å². The summed E-state index contributed by atoms with van der Waals surface area (Å²) in [7, 11) is 0. The van der Waals surface area contributed by atoms with Gasteiger partial charge in [0, 0.05) is 120 Å². The summed E-state index contributed by atoms with van der Waals surface area (Å²) >= 11 is 25.4. The Hall–Kier alpha value is 1.30. The van der Waals surface area contributed by atoms with Crippen LogP contribution >= 0.6 is 74.7 Å². The number of likely N-dealkylation sites (tertiary alicyclic amines) is 3. The third kappa shape index (κ3) is 66.2. The Balaban J connectivity index is -0.000000114. The van der Waals surface area contributed by atoms with Gasteiger partial charge in [0.25, 0.3) is 19.5 Å². The molecule has 5 aromatic carbocycles. The van der Waals surface area contributed by atoms with Gasteiger partial charge in [-0.1, -0.05) is 168 Å². The Kier molecular flexibility index (Phi) is 103. The third-order valence-corrected chi connectivity index (χ3v) is 17.5. The van der Waals surface area contributed by atoms with E-state index < -0.39 is 5.41 Å². The van der Waals surface area contributed by atoms with E-state index in [0.29, 0.717) is 41.8 Å². The molecule has 0 bridgehead atoms. The van der Waals surface area contributed by atoms with Crippen molar-refractivity contribution in [2.45, 2.75) is 89.8 Å². The van der Waals surface area contributed by atoms with Crippen molar-refractivity contribution in [3.05, 3.63) is 191 Å². The standard InChI is InChI=1S/C14H19N3.C14H23N3.C14H15N3.C11H15Cl2N.C7H7Br.C4H9Cl2N.C4H8O.C3H2N2.C2H3N.2CH2O3.Al.ClH.4K.Li.6H/c1-2-4-13(5-3-1)10-17-8-6-14(7-9-17)11-15-16-12-14;2*15-11-14(12-16)6-8-17(9-7-14)10-13-4-2-1-3-5-13;12-6-8-14(9-7-13)10-11-4-2-1-3-5-11;8-6-7-4-2-1-3-5-7;5-1-3-7-4-2-6;1-2-4-5-3-1;1-5-3-2-4;1-2-3;2*2-1-4-3;;;;;;;;;;;;;/h1-5H,6-12H2;1-5H,6-12,15-16H2;1-5H,6-10H2;1-5H,6-10H2;1-5H,6H2;7H,1-4H2;1-4H2;3H2;1H3;2*1,3H;;1H;;;;;;;;;;;/q;;;;;;;;;;;;;5*+1;;;;3*-1/p-2. The van der Waals surface area contributed by atoms with Gasteiger partial charge in [0.05, 0.1) is 31.3 Å². The molecule has 21 nitrogen and oxygen atoms in total. The number of hydrogen-bond acceptors (Lipinski definition) is 20. The molecule has 33 heteroatoms.